The molecule has 2 aliphatic carbocycles. The average Bonchev–Trinajstić information content (AvgIpc) is 2.69. The third-order valence-electron chi connectivity index (χ3n) is 5.84. The Labute approximate surface area is 171 Å². The molecule has 2 heterocycles. The molecule has 2 unspecified atom stereocenters. The predicted octanol–water partition coefficient (Wildman–Crippen LogP) is 4.24. The monoisotopic (exact) mass is 396 g/mol. The Morgan fingerprint density at radius 1 is 1.34 bits per heavy atom. The third-order valence-corrected chi connectivity index (χ3v) is 5.84. The number of ether oxygens (including phenoxy) is 2. The van der Waals surface area contributed by atoms with E-state index >= 15 is 0 Å². The Morgan fingerprint density at radius 2 is 2.28 bits per heavy atom. The first-order valence-corrected chi connectivity index (χ1v) is 10.5. The summed E-state index contributed by atoms with van der Waals surface area (Å²) in [5.41, 5.74) is 2.13. The summed E-state index contributed by atoms with van der Waals surface area (Å²) in [5, 5.41) is 8.84. The molecule has 6 heteroatoms. The zero-order valence-electron chi connectivity index (χ0n) is 16.6. The first-order valence-electron chi connectivity index (χ1n) is 10.5. The molecule has 29 heavy (non-hydrogen) atoms. The van der Waals surface area contributed by atoms with E-state index in [9.17, 15) is 4.79 Å². The van der Waals surface area contributed by atoms with Gasteiger partial charge in [0.1, 0.15) is 18.0 Å². The molecule has 3 atom stereocenters. The van der Waals surface area contributed by atoms with Crippen molar-refractivity contribution in [2.24, 2.45) is 10.9 Å². The van der Waals surface area contributed by atoms with Crippen molar-refractivity contribution in [2.75, 3.05) is 19.6 Å². The van der Waals surface area contributed by atoms with Crippen molar-refractivity contribution >= 4 is 12.4 Å². The molecule has 0 radical (unpaired) electrons. The molecule has 4 aliphatic rings. The van der Waals surface area contributed by atoms with Gasteiger partial charge in [0, 0.05) is 36.0 Å². The molecule has 2 aliphatic heterocycles. The highest BCUT2D eigenvalue weighted by atomic mass is 16.7. The van der Waals surface area contributed by atoms with Crippen molar-refractivity contribution in [1.82, 2.24) is 4.90 Å². The van der Waals surface area contributed by atoms with Gasteiger partial charge >= 0.3 is 6.16 Å². The van der Waals surface area contributed by atoms with E-state index in [2.05, 4.69) is 28.1 Å². The average molecular weight is 396 g/mol. The van der Waals surface area contributed by atoms with E-state index in [1.54, 1.807) is 0 Å². The Morgan fingerprint density at radius 3 is 3.17 bits per heavy atom. The number of rotatable bonds is 5. The maximum absolute atomic E-state index is 10.8. The van der Waals surface area contributed by atoms with Crippen LogP contribution in [0.1, 0.15) is 32.1 Å². The van der Waals surface area contributed by atoms with Crippen LogP contribution in [0.2, 0.25) is 0 Å². The van der Waals surface area contributed by atoms with Crippen LogP contribution < -0.4 is 0 Å². The van der Waals surface area contributed by atoms with Gasteiger partial charge < -0.3 is 14.6 Å². The Kier molecular flexibility index (Phi) is 6.30. The first-order chi connectivity index (χ1) is 14.2. The SMILES string of the molecule is O=C(O)O[C@@H]1CCCN(CCCC2CC=CC3=C2OC2C=CC=C/C2=C/N=C\3)C1. The molecule has 154 valence electrons. The minimum atomic E-state index is -1.17. The van der Waals surface area contributed by atoms with Crippen molar-refractivity contribution < 1.29 is 19.4 Å². The lowest BCUT2D eigenvalue weighted by Gasteiger charge is -2.33. The van der Waals surface area contributed by atoms with Crippen LogP contribution in [-0.2, 0) is 9.47 Å². The summed E-state index contributed by atoms with van der Waals surface area (Å²) in [6.45, 7) is 2.66. The lowest BCUT2D eigenvalue weighted by molar-refractivity contribution is 0.0129. The summed E-state index contributed by atoms with van der Waals surface area (Å²) in [4.78, 5) is 17.6. The highest BCUT2D eigenvalue weighted by molar-refractivity contribution is 5.84. The molecule has 1 fully saturated rings. The molecule has 0 spiro atoms. The molecule has 0 aromatic carbocycles. The van der Waals surface area contributed by atoms with E-state index in [0.717, 1.165) is 62.1 Å². The van der Waals surface area contributed by atoms with E-state index in [1.807, 2.05) is 30.6 Å². The van der Waals surface area contributed by atoms with Crippen molar-refractivity contribution in [3.05, 3.63) is 59.6 Å². The summed E-state index contributed by atoms with van der Waals surface area (Å²) >= 11 is 0. The third kappa shape index (κ3) is 5.07. The van der Waals surface area contributed by atoms with E-state index in [4.69, 9.17) is 14.6 Å². The van der Waals surface area contributed by atoms with Crippen LogP contribution in [0, 0.1) is 5.92 Å². The fraction of sp³-hybridized carbons (Fsp3) is 0.478. The van der Waals surface area contributed by atoms with Gasteiger partial charge in [-0.15, -0.1) is 0 Å². The normalized spacial score (nSPS) is 31.6. The van der Waals surface area contributed by atoms with Gasteiger partial charge in [-0.05, 0) is 51.3 Å². The number of fused-ring (bicyclic) bond motifs is 1. The molecule has 0 amide bonds. The number of carbonyl (C=O) groups is 1. The van der Waals surface area contributed by atoms with Crippen molar-refractivity contribution in [3.63, 3.8) is 0 Å². The number of aliphatic imine (C=N–C) groups is 1. The maximum Gasteiger partial charge on any atom is 0.506 e. The fourth-order valence-corrected chi connectivity index (χ4v) is 4.42. The topological polar surface area (TPSA) is 71.4 Å². The highest BCUT2D eigenvalue weighted by Gasteiger charge is 2.27. The second-order valence-corrected chi connectivity index (χ2v) is 7.94. The summed E-state index contributed by atoms with van der Waals surface area (Å²) in [7, 11) is 0. The summed E-state index contributed by atoms with van der Waals surface area (Å²) in [6, 6.07) is 0. The Hall–Kier alpha value is -2.60. The summed E-state index contributed by atoms with van der Waals surface area (Å²) in [5.74, 6) is 1.38. The van der Waals surface area contributed by atoms with Crippen molar-refractivity contribution in [3.8, 4) is 0 Å². The number of piperidine rings is 1. The van der Waals surface area contributed by atoms with E-state index in [1.165, 1.54) is 0 Å². The van der Waals surface area contributed by atoms with E-state index < -0.39 is 6.16 Å². The summed E-state index contributed by atoms with van der Waals surface area (Å²) < 4.78 is 11.4. The molecule has 6 nitrogen and oxygen atoms in total. The minimum Gasteiger partial charge on any atom is -0.485 e. The van der Waals surface area contributed by atoms with Gasteiger partial charge in [0.2, 0.25) is 0 Å². The van der Waals surface area contributed by atoms with Crippen molar-refractivity contribution in [2.45, 2.75) is 44.3 Å². The molecule has 4 rings (SSSR count). The molecule has 1 saturated heterocycles. The molecular weight excluding hydrogens is 368 g/mol. The standard InChI is InChI=1S/C23H28N2O4/c26-23(27)28-20-10-5-13-25(16-20)12-4-9-17-7-3-8-19-15-24-14-18-6-1-2-11-21(18)29-22(17)19/h1-3,6,8,11,14-15,17,20-21H,4-5,7,9-10,12-13,16H2,(H,26,27)/b18-14-,24-15-/t17?,20-,21?/m1/s1. The van der Waals surface area contributed by atoms with Crippen LogP contribution in [0.3, 0.4) is 0 Å². The predicted molar refractivity (Wildman–Crippen MR) is 112 cm³/mol. The van der Waals surface area contributed by atoms with Gasteiger partial charge in [0.05, 0.1) is 0 Å². The number of hydrogen-bond donors (Lipinski definition) is 1. The van der Waals surface area contributed by atoms with E-state index in [0.29, 0.717) is 12.5 Å². The molecule has 0 aromatic rings. The van der Waals surface area contributed by atoms with Crippen molar-refractivity contribution in [1.29, 1.82) is 0 Å². The van der Waals surface area contributed by atoms with Crippen LogP contribution in [-0.4, -0.2) is 54.2 Å². The molecule has 0 bridgehead atoms. The van der Waals surface area contributed by atoms with Gasteiger partial charge in [-0.1, -0.05) is 30.4 Å². The maximum atomic E-state index is 10.8. The van der Waals surface area contributed by atoms with Gasteiger partial charge in [-0.25, -0.2) is 4.79 Å². The zero-order valence-corrected chi connectivity index (χ0v) is 16.6. The number of allylic oxidation sites excluding steroid dienone is 6. The van der Waals surface area contributed by atoms with Gasteiger partial charge in [-0.2, -0.15) is 0 Å². The summed E-state index contributed by atoms with van der Waals surface area (Å²) in [6.07, 6.45) is 19.6. The molecular formula is C23H28N2O4. The number of likely N-dealkylation sites (tertiary alicyclic amines) is 1. The molecule has 0 saturated carbocycles. The fourth-order valence-electron chi connectivity index (χ4n) is 4.42. The highest BCUT2D eigenvalue weighted by Crippen LogP contribution is 2.33. The van der Waals surface area contributed by atoms with Gasteiger partial charge in [-0.3, -0.25) is 9.89 Å². The van der Waals surface area contributed by atoms with Crippen LogP contribution >= 0.6 is 0 Å². The lowest BCUT2D eigenvalue weighted by atomic mass is 9.89. The van der Waals surface area contributed by atoms with E-state index in [-0.39, 0.29) is 12.2 Å². The van der Waals surface area contributed by atoms with Crippen LogP contribution in [0.5, 0.6) is 0 Å². The van der Waals surface area contributed by atoms with Gasteiger partial charge in [0.25, 0.3) is 0 Å². The number of carboxylic acid groups (broad SMARTS) is 1. The minimum absolute atomic E-state index is 0.0764. The largest absolute Gasteiger partial charge is 0.506 e. The zero-order chi connectivity index (χ0) is 20.1. The molecule has 1 N–H and O–H groups in total. The Balaban J connectivity index is 1.34. The quantitative estimate of drug-likeness (QED) is 0.704. The number of hydrogen-bond acceptors (Lipinski definition) is 5. The smallest absolute Gasteiger partial charge is 0.485 e. The van der Waals surface area contributed by atoms with Gasteiger partial charge in [0.15, 0.2) is 0 Å². The van der Waals surface area contributed by atoms with Crippen LogP contribution in [0.25, 0.3) is 0 Å². The number of nitrogens with zero attached hydrogens (tertiary/aromatic N) is 2. The second kappa shape index (κ2) is 9.27. The van der Waals surface area contributed by atoms with Crippen LogP contribution in [0.15, 0.2) is 64.6 Å². The molecule has 0 aromatic heterocycles. The lowest BCUT2D eigenvalue weighted by Crippen LogP contribution is -2.40. The Bertz CT molecular complexity index is 806. The van der Waals surface area contributed by atoms with Crippen LogP contribution in [0.4, 0.5) is 4.79 Å². The first kappa shape index (κ1) is 19.7. The second-order valence-electron chi connectivity index (χ2n) is 7.94.